The van der Waals surface area contributed by atoms with Crippen LogP contribution in [-0.2, 0) is 16.1 Å². The Kier molecular flexibility index (Phi) is 3.78. The van der Waals surface area contributed by atoms with Gasteiger partial charge in [-0.2, -0.15) is 0 Å². The van der Waals surface area contributed by atoms with Crippen LogP contribution in [0.1, 0.15) is 20.8 Å². The number of nitrogens with zero attached hydrogens (tertiary/aromatic N) is 1. The number of amides is 2. The molecule has 118 valence electrons. The second-order valence-electron chi connectivity index (χ2n) is 5.57. The molecule has 0 aliphatic rings. The van der Waals surface area contributed by atoms with Crippen molar-refractivity contribution in [3.8, 4) is 0 Å². The smallest absolute Gasteiger partial charge is 0.221 e. The summed E-state index contributed by atoms with van der Waals surface area (Å²) in [6, 6.07) is 11.8. The van der Waals surface area contributed by atoms with Crippen molar-refractivity contribution in [3.63, 3.8) is 0 Å². The lowest BCUT2D eigenvalue weighted by molar-refractivity contribution is -0.115. The van der Waals surface area contributed by atoms with Crippen LogP contribution in [0.2, 0.25) is 0 Å². The van der Waals surface area contributed by atoms with E-state index in [1.807, 2.05) is 36.4 Å². The van der Waals surface area contributed by atoms with Crippen molar-refractivity contribution in [2.75, 3.05) is 10.6 Å². The molecule has 2 N–H and O–H groups in total. The molecule has 1 aromatic heterocycles. The summed E-state index contributed by atoms with van der Waals surface area (Å²) in [5, 5.41) is 7.75. The van der Waals surface area contributed by atoms with E-state index in [0.717, 1.165) is 39.7 Å². The number of benzene rings is 2. The summed E-state index contributed by atoms with van der Waals surface area (Å²) in [6.45, 7) is 5.93. The summed E-state index contributed by atoms with van der Waals surface area (Å²) in [7, 11) is 0. The molecule has 0 bridgehead atoms. The molecule has 0 atom stereocenters. The number of rotatable bonds is 3. The molecule has 1 heterocycles. The lowest BCUT2D eigenvalue weighted by Gasteiger charge is -2.05. The monoisotopic (exact) mass is 309 g/mol. The maximum Gasteiger partial charge on any atom is 0.221 e. The standard InChI is InChI=1S/C18H19N3O2/c1-4-21-17-7-5-13(19-11(2)22)9-15(17)16-10-14(20-12(3)23)6-8-18(16)21/h5-10H,4H2,1-3H3,(H,19,22)(H,20,23). The largest absolute Gasteiger partial charge is 0.341 e. The molecule has 0 aliphatic carbocycles. The predicted molar refractivity (Wildman–Crippen MR) is 93.7 cm³/mol. The average molecular weight is 309 g/mol. The third kappa shape index (κ3) is 2.77. The first-order valence-electron chi connectivity index (χ1n) is 7.60. The third-order valence-electron chi connectivity index (χ3n) is 3.82. The van der Waals surface area contributed by atoms with Crippen LogP contribution >= 0.6 is 0 Å². The molecule has 0 saturated heterocycles. The van der Waals surface area contributed by atoms with Gasteiger partial charge in [0.25, 0.3) is 0 Å². The normalized spacial score (nSPS) is 10.9. The molecular weight excluding hydrogens is 290 g/mol. The Morgan fingerprint density at radius 3 is 1.65 bits per heavy atom. The Labute approximate surface area is 134 Å². The number of anilines is 2. The van der Waals surface area contributed by atoms with Gasteiger partial charge in [-0.25, -0.2) is 0 Å². The lowest BCUT2D eigenvalue weighted by atomic mass is 10.1. The second kappa shape index (κ2) is 5.76. The van der Waals surface area contributed by atoms with E-state index in [4.69, 9.17) is 0 Å². The van der Waals surface area contributed by atoms with Gasteiger partial charge >= 0.3 is 0 Å². The zero-order valence-electron chi connectivity index (χ0n) is 13.4. The van der Waals surface area contributed by atoms with E-state index < -0.39 is 0 Å². The molecule has 5 heteroatoms. The van der Waals surface area contributed by atoms with E-state index in [2.05, 4.69) is 22.1 Å². The molecule has 0 aliphatic heterocycles. The molecule has 3 aromatic rings. The Morgan fingerprint density at radius 1 is 0.870 bits per heavy atom. The van der Waals surface area contributed by atoms with Gasteiger partial charge in [-0.3, -0.25) is 9.59 Å². The molecule has 0 fully saturated rings. The van der Waals surface area contributed by atoms with Crippen molar-refractivity contribution in [2.45, 2.75) is 27.3 Å². The van der Waals surface area contributed by atoms with Gasteiger partial charge in [0.05, 0.1) is 0 Å². The summed E-state index contributed by atoms with van der Waals surface area (Å²) in [5.74, 6) is -0.190. The summed E-state index contributed by atoms with van der Waals surface area (Å²) in [5.41, 5.74) is 3.75. The van der Waals surface area contributed by atoms with E-state index in [1.54, 1.807) is 0 Å². The fourth-order valence-electron chi connectivity index (χ4n) is 3.01. The highest BCUT2D eigenvalue weighted by atomic mass is 16.2. The maximum absolute atomic E-state index is 11.3. The molecule has 0 radical (unpaired) electrons. The molecule has 3 rings (SSSR count). The minimum absolute atomic E-state index is 0.0949. The Balaban J connectivity index is 2.25. The van der Waals surface area contributed by atoms with Gasteiger partial charge in [0.1, 0.15) is 0 Å². The quantitative estimate of drug-likeness (QED) is 0.774. The van der Waals surface area contributed by atoms with Crippen LogP contribution in [-0.4, -0.2) is 16.4 Å². The lowest BCUT2D eigenvalue weighted by Crippen LogP contribution is -2.05. The van der Waals surface area contributed by atoms with E-state index in [9.17, 15) is 9.59 Å². The zero-order valence-corrected chi connectivity index (χ0v) is 13.4. The molecule has 2 amide bonds. The van der Waals surface area contributed by atoms with Gasteiger partial charge in [-0.1, -0.05) is 0 Å². The van der Waals surface area contributed by atoms with E-state index in [1.165, 1.54) is 13.8 Å². The highest BCUT2D eigenvalue weighted by molar-refractivity contribution is 6.11. The van der Waals surface area contributed by atoms with Crippen molar-refractivity contribution in [2.24, 2.45) is 0 Å². The Morgan fingerprint density at radius 2 is 1.30 bits per heavy atom. The number of carbonyl (C=O) groups is 2. The molecule has 0 spiro atoms. The van der Waals surface area contributed by atoms with E-state index >= 15 is 0 Å². The van der Waals surface area contributed by atoms with Crippen molar-refractivity contribution in [3.05, 3.63) is 36.4 Å². The summed E-state index contributed by atoms with van der Waals surface area (Å²) in [6.07, 6.45) is 0. The number of nitrogens with one attached hydrogen (secondary N) is 2. The molecule has 0 unspecified atom stereocenters. The van der Waals surface area contributed by atoms with Crippen LogP contribution in [0.4, 0.5) is 11.4 Å². The van der Waals surface area contributed by atoms with Gasteiger partial charge in [0, 0.05) is 53.6 Å². The van der Waals surface area contributed by atoms with Crippen LogP contribution in [0.15, 0.2) is 36.4 Å². The van der Waals surface area contributed by atoms with Gasteiger partial charge in [-0.15, -0.1) is 0 Å². The molecule has 2 aromatic carbocycles. The van der Waals surface area contributed by atoms with Crippen LogP contribution in [0.3, 0.4) is 0 Å². The van der Waals surface area contributed by atoms with Crippen molar-refractivity contribution >= 4 is 45.0 Å². The molecule has 23 heavy (non-hydrogen) atoms. The van der Waals surface area contributed by atoms with Crippen LogP contribution in [0.25, 0.3) is 21.8 Å². The number of fused-ring (bicyclic) bond motifs is 3. The summed E-state index contributed by atoms with van der Waals surface area (Å²) >= 11 is 0. The van der Waals surface area contributed by atoms with Crippen molar-refractivity contribution in [1.29, 1.82) is 0 Å². The number of carbonyl (C=O) groups excluding carboxylic acids is 2. The number of aryl methyl sites for hydroxylation is 1. The van der Waals surface area contributed by atoms with Gasteiger partial charge in [0.2, 0.25) is 11.8 Å². The Hall–Kier alpha value is -2.82. The fraction of sp³-hybridized carbons (Fsp3) is 0.222. The minimum Gasteiger partial charge on any atom is -0.341 e. The summed E-state index contributed by atoms with van der Waals surface area (Å²) < 4.78 is 2.22. The number of hydrogen-bond donors (Lipinski definition) is 2. The number of aromatic nitrogens is 1. The number of hydrogen-bond acceptors (Lipinski definition) is 2. The third-order valence-corrected chi connectivity index (χ3v) is 3.82. The fourth-order valence-corrected chi connectivity index (χ4v) is 3.01. The first kappa shape index (κ1) is 15.1. The first-order valence-corrected chi connectivity index (χ1v) is 7.60. The van der Waals surface area contributed by atoms with Crippen molar-refractivity contribution in [1.82, 2.24) is 4.57 Å². The van der Waals surface area contributed by atoms with Crippen LogP contribution in [0.5, 0.6) is 0 Å². The SMILES string of the molecule is CCn1c2ccc(NC(C)=O)cc2c2cc(NC(C)=O)ccc21. The summed E-state index contributed by atoms with van der Waals surface area (Å²) in [4.78, 5) is 22.6. The van der Waals surface area contributed by atoms with E-state index in [-0.39, 0.29) is 11.8 Å². The second-order valence-corrected chi connectivity index (χ2v) is 5.57. The zero-order chi connectivity index (χ0) is 16.6. The first-order chi connectivity index (χ1) is 11.0. The van der Waals surface area contributed by atoms with Crippen LogP contribution in [0, 0.1) is 0 Å². The molecule has 0 saturated carbocycles. The van der Waals surface area contributed by atoms with E-state index in [0.29, 0.717) is 0 Å². The van der Waals surface area contributed by atoms with Gasteiger partial charge in [0.15, 0.2) is 0 Å². The van der Waals surface area contributed by atoms with Crippen LogP contribution < -0.4 is 10.6 Å². The highest BCUT2D eigenvalue weighted by Crippen LogP contribution is 2.32. The minimum atomic E-state index is -0.0949. The van der Waals surface area contributed by atoms with Crippen molar-refractivity contribution < 1.29 is 9.59 Å². The Bertz CT molecular complexity index is 852. The average Bonchev–Trinajstić information content (AvgIpc) is 2.78. The highest BCUT2D eigenvalue weighted by Gasteiger charge is 2.11. The molecular formula is C18H19N3O2. The topological polar surface area (TPSA) is 63.1 Å². The maximum atomic E-state index is 11.3. The van der Waals surface area contributed by atoms with Gasteiger partial charge in [-0.05, 0) is 43.3 Å². The molecule has 5 nitrogen and oxygen atoms in total. The predicted octanol–water partition coefficient (Wildman–Crippen LogP) is 3.73. The van der Waals surface area contributed by atoms with Gasteiger partial charge < -0.3 is 15.2 Å².